The lowest BCUT2D eigenvalue weighted by molar-refractivity contribution is 0.938. The summed E-state index contributed by atoms with van der Waals surface area (Å²) in [5.74, 6) is 6.00. The number of nitrogen functional groups attached to an aromatic ring is 1. The molecule has 1 aromatic rings. The third-order valence-electron chi connectivity index (χ3n) is 1.78. The molecule has 0 heterocycles. The Balaban J connectivity index is 2.81. The molecule has 0 atom stereocenters. The lowest BCUT2D eigenvalue weighted by Gasteiger charge is -1.98. The maximum atomic E-state index is 5.74. The minimum Gasteiger partial charge on any atom is -0.398 e. The first-order chi connectivity index (χ1) is 6.24. The molecule has 3 N–H and O–H groups in total. The van der Waals surface area contributed by atoms with E-state index in [9.17, 15) is 0 Å². The molecule has 0 aromatic heterocycles. The van der Waals surface area contributed by atoms with Crippen molar-refractivity contribution in [3.05, 3.63) is 29.3 Å². The molecule has 0 saturated carbocycles. The molecule has 68 valence electrons. The average molecular weight is 174 g/mol. The van der Waals surface area contributed by atoms with Crippen molar-refractivity contribution in [1.82, 2.24) is 5.32 Å². The molecule has 0 spiro atoms. The van der Waals surface area contributed by atoms with Crippen LogP contribution in [0.4, 0.5) is 5.69 Å². The van der Waals surface area contributed by atoms with E-state index < -0.39 is 0 Å². The summed E-state index contributed by atoms with van der Waals surface area (Å²) in [5.41, 5.74) is 8.61. The fourth-order valence-corrected chi connectivity index (χ4v) is 0.953. The van der Waals surface area contributed by atoms with Crippen molar-refractivity contribution in [2.24, 2.45) is 0 Å². The van der Waals surface area contributed by atoms with Gasteiger partial charge in [-0.25, -0.2) is 0 Å². The van der Waals surface area contributed by atoms with Crippen LogP contribution in [-0.2, 0) is 0 Å². The number of benzene rings is 1. The Bertz CT molecular complexity index is 345. The Labute approximate surface area is 79.1 Å². The van der Waals surface area contributed by atoms with Crippen LogP contribution in [0.2, 0.25) is 0 Å². The molecule has 0 bridgehead atoms. The minimum atomic E-state index is 0.702. The summed E-state index contributed by atoms with van der Waals surface area (Å²) in [6, 6.07) is 5.87. The van der Waals surface area contributed by atoms with Crippen LogP contribution in [0.5, 0.6) is 0 Å². The summed E-state index contributed by atoms with van der Waals surface area (Å²) in [7, 11) is 1.87. The van der Waals surface area contributed by atoms with Crippen molar-refractivity contribution >= 4 is 5.69 Å². The highest BCUT2D eigenvalue weighted by molar-refractivity contribution is 5.52. The SMILES string of the molecule is CNCC#Cc1ccc(C)c(N)c1. The van der Waals surface area contributed by atoms with E-state index in [-0.39, 0.29) is 0 Å². The third-order valence-corrected chi connectivity index (χ3v) is 1.78. The molecular formula is C11H14N2. The molecule has 2 nitrogen and oxygen atoms in total. The quantitative estimate of drug-likeness (QED) is 0.495. The van der Waals surface area contributed by atoms with Crippen molar-refractivity contribution in [2.45, 2.75) is 6.92 Å². The van der Waals surface area contributed by atoms with Crippen LogP contribution >= 0.6 is 0 Å². The fraction of sp³-hybridized carbons (Fsp3) is 0.273. The van der Waals surface area contributed by atoms with Gasteiger partial charge in [0.2, 0.25) is 0 Å². The average Bonchev–Trinajstić information content (AvgIpc) is 2.12. The first kappa shape index (κ1) is 9.63. The molecule has 0 fully saturated rings. The summed E-state index contributed by atoms with van der Waals surface area (Å²) in [6.07, 6.45) is 0. The van der Waals surface area contributed by atoms with Gasteiger partial charge in [-0.2, -0.15) is 0 Å². The lowest BCUT2D eigenvalue weighted by Crippen LogP contribution is -2.04. The normalized spacial score (nSPS) is 9.08. The van der Waals surface area contributed by atoms with Crippen molar-refractivity contribution in [3.8, 4) is 11.8 Å². The van der Waals surface area contributed by atoms with Gasteiger partial charge in [-0.15, -0.1) is 0 Å². The first-order valence-corrected chi connectivity index (χ1v) is 4.23. The van der Waals surface area contributed by atoms with Crippen LogP contribution in [0.1, 0.15) is 11.1 Å². The van der Waals surface area contributed by atoms with E-state index in [1.807, 2.05) is 32.2 Å². The summed E-state index contributed by atoms with van der Waals surface area (Å²) >= 11 is 0. The Morgan fingerprint density at radius 1 is 1.46 bits per heavy atom. The van der Waals surface area contributed by atoms with E-state index in [1.165, 1.54) is 0 Å². The number of anilines is 1. The van der Waals surface area contributed by atoms with E-state index in [2.05, 4.69) is 17.2 Å². The first-order valence-electron chi connectivity index (χ1n) is 4.23. The topological polar surface area (TPSA) is 38.0 Å². The molecule has 1 aromatic carbocycles. The second kappa shape index (κ2) is 4.54. The van der Waals surface area contributed by atoms with Crippen LogP contribution in [0.15, 0.2) is 18.2 Å². The maximum absolute atomic E-state index is 5.74. The number of aryl methyl sites for hydroxylation is 1. The predicted octanol–water partition coefficient (Wildman–Crippen LogP) is 1.15. The van der Waals surface area contributed by atoms with Crippen molar-refractivity contribution in [1.29, 1.82) is 0 Å². The van der Waals surface area contributed by atoms with E-state index in [0.717, 1.165) is 16.8 Å². The van der Waals surface area contributed by atoms with Crippen molar-refractivity contribution in [2.75, 3.05) is 19.3 Å². The highest BCUT2D eigenvalue weighted by atomic mass is 14.8. The Morgan fingerprint density at radius 2 is 2.23 bits per heavy atom. The van der Waals surface area contributed by atoms with Gasteiger partial charge in [0, 0.05) is 11.3 Å². The zero-order valence-corrected chi connectivity index (χ0v) is 8.02. The van der Waals surface area contributed by atoms with Crippen LogP contribution in [0.3, 0.4) is 0 Å². The summed E-state index contributed by atoms with van der Waals surface area (Å²) in [5, 5.41) is 2.96. The van der Waals surface area contributed by atoms with Gasteiger partial charge in [-0.1, -0.05) is 17.9 Å². The third kappa shape index (κ3) is 2.81. The molecule has 0 radical (unpaired) electrons. The summed E-state index contributed by atoms with van der Waals surface area (Å²) in [6.45, 7) is 2.69. The van der Waals surface area contributed by atoms with E-state index >= 15 is 0 Å². The molecule has 0 aliphatic carbocycles. The van der Waals surface area contributed by atoms with Crippen LogP contribution < -0.4 is 11.1 Å². The minimum absolute atomic E-state index is 0.702. The summed E-state index contributed by atoms with van der Waals surface area (Å²) < 4.78 is 0. The lowest BCUT2D eigenvalue weighted by atomic mass is 10.1. The number of hydrogen-bond donors (Lipinski definition) is 2. The molecule has 0 unspecified atom stereocenters. The second-order valence-electron chi connectivity index (χ2n) is 2.90. The molecule has 13 heavy (non-hydrogen) atoms. The Hall–Kier alpha value is -1.46. The van der Waals surface area contributed by atoms with Gasteiger partial charge in [-0.3, -0.25) is 0 Å². The van der Waals surface area contributed by atoms with E-state index in [0.29, 0.717) is 6.54 Å². The smallest absolute Gasteiger partial charge is 0.0577 e. The molecule has 0 aliphatic rings. The standard InChI is InChI=1S/C11H14N2/c1-9-5-6-10(8-11(9)12)4-3-7-13-2/h5-6,8,13H,7,12H2,1-2H3. The zero-order chi connectivity index (χ0) is 9.68. The molecule has 0 amide bonds. The van der Waals surface area contributed by atoms with Gasteiger partial charge in [0.05, 0.1) is 6.54 Å². The van der Waals surface area contributed by atoms with Crippen LogP contribution in [0, 0.1) is 18.8 Å². The Kier molecular flexibility index (Phi) is 3.36. The van der Waals surface area contributed by atoms with Crippen molar-refractivity contribution < 1.29 is 0 Å². The predicted molar refractivity (Wildman–Crippen MR) is 56.4 cm³/mol. The fourth-order valence-electron chi connectivity index (χ4n) is 0.953. The van der Waals surface area contributed by atoms with Gasteiger partial charge in [0.1, 0.15) is 0 Å². The molecule has 2 heteroatoms. The molecule has 0 aliphatic heterocycles. The highest BCUT2D eigenvalue weighted by Crippen LogP contribution is 2.11. The number of nitrogens with one attached hydrogen (secondary N) is 1. The maximum Gasteiger partial charge on any atom is 0.0577 e. The van der Waals surface area contributed by atoms with E-state index in [4.69, 9.17) is 5.73 Å². The zero-order valence-electron chi connectivity index (χ0n) is 8.02. The van der Waals surface area contributed by atoms with Crippen LogP contribution in [0.25, 0.3) is 0 Å². The van der Waals surface area contributed by atoms with Gasteiger partial charge in [-0.05, 0) is 31.7 Å². The number of rotatable bonds is 1. The largest absolute Gasteiger partial charge is 0.398 e. The van der Waals surface area contributed by atoms with Crippen LogP contribution in [-0.4, -0.2) is 13.6 Å². The second-order valence-corrected chi connectivity index (χ2v) is 2.90. The highest BCUT2D eigenvalue weighted by Gasteiger charge is 1.92. The van der Waals surface area contributed by atoms with Gasteiger partial charge >= 0.3 is 0 Å². The summed E-state index contributed by atoms with van der Waals surface area (Å²) in [4.78, 5) is 0. The monoisotopic (exact) mass is 174 g/mol. The van der Waals surface area contributed by atoms with Crippen molar-refractivity contribution in [3.63, 3.8) is 0 Å². The molecular weight excluding hydrogens is 160 g/mol. The Morgan fingerprint density at radius 3 is 2.85 bits per heavy atom. The number of hydrogen-bond acceptors (Lipinski definition) is 2. The molecule has 1 rings (SSSR count). The van der Waals surface area contributed by atoms with E-state index in [1.54, 1.807) is 0 Å². The number of nitrogens with two attached hydrogens (primary N) is 1. The molecule has 0 saturated heterocycles. The van der Waals surface area contributed by atoms with Gasteiger partial charge in [0.25, 0.3) is 0 Å². The van der Waals surface area contributed by atoms with Gasteiger partial charge in [0.15, 0.2) is 0 Å². The van der Waals surface area contributed by atoms with Gasteiger partial charge < -0.3 is 11.1 Å².